The van der Waals surface area contributed by atoms with E-state index in [1.54, 1.807) is 18.9 Å². The van der Waals surface area contributed by atoms with E-state index in [9.17, 15) is 4.79 Å². The molecule has 0 saturated heterocycles. The van der Waals surface area contributed by atoms with Crippen LogP contribution in [-0.4, -0.2) is 28.1 Å². The summed E-state index contributed by atoms with van der Waals surface area (Å²) >= 11 is 3.37. The topological polar surface area (TPSA) is 66.3 Å². The zero-order chi connectivity index (χ0) is 14.0. The van der Waals surface area contributed by atoms with E-state index in [1.807, 2.05) is 24.3 Å². The van der Waals surface area contributed by atoms with Gasteiger partial charge in [-0.05, 0) is 37.3 Å². The second-order valence-electron chi connectivity index (χ2n) is 4.04. The van der Waals surface area contributed by atoms with Gasteiger partial charge in [-0.2, -0.15) is 0 Å². The fourth-order valence-corrected chi connectivity index (χ4v) is 1.86. The lowest BCUT2D eigenvalue weighted by molar-refractivity contribution is 0.0690. The normalized spacial score (nSPS) is 10.3. The van der Waals surface area contributed by atoms with Gasteiger partial charge in [0.25, 0.3) is 0 Å². The van der Waals surface area contributed by atoms with Crippen molar-refractivity contribution in [1.82, 2.24) is 9.97 Å². The van der Waals surface area contributed by atoms with E-state index >= 15 is 0 Å². The predicted octanol–water partition coefficient (Wildman–Crippen LogP) is 3.01. The van der Waals surface area contributed by atoms with Gasteiger partial charge in [0.2, 0.25) is 5.95 Å². The highest BCUT2D eigenvalue weighted by Gasteiger charge is 2.12. The first-order chi connectivity index (χ1) is 8.97. The van der Waals surface area contributed by atoms with Gasteiger partial charge >= 0.3 is 5.97 Å². The summed E-state index contributed by atoms with van der Waals surface area (Å²) in [4.78, 5) is 21.0. The maximum atomic E-state index is 11.0. The van der Waals surface area contributed by atoms with Gasteiger partial charge in [0, 0.05) is 22.9 Å². The fraction of sp³-hybridized carbons (Fsp3) is 0.154. The molecule has 1 aromatic carbocycles. The number of benzene rings is 1. The van der Waals surface area contributed by atoms with Crippen molar-refractivity contribution in [2.24, 2.45) is 0 Å². The van der Waals surface area contributed by atoms with Crippen LogP contribution in [0.25, 0.3) is 0 Å². The molecule has 1 N–H and O–H groups in total. The molecule has 1 heterocycles. The minimum atomic E-state index is -1.06. The van der Waals surface area contributed by atoms with E-state index in [2.05, 4.69) is 25.9 Å². The average Bonchev–Trinajstić information content (AvgIpc) is 2.38. The van der Waals surface area contributed by atoms with Gasteiger partial charge < -0.3 is 10.0 Å². The number of halogens is 1. The van der Waals surface area contributed by atoms with Crippen LogP contribution in [0.1, 0.15) is 16.2 Å². The molecule has 0 spiro atoms. The van der Waals surface area contributed by atoms with Crippen LogP contribution in [0.4, 0.5) is 11.6 Å². The van der Waals surface area contributed by atoms with Crippen LogP contribution in [0, 0.1) is 6.92 Å². The van der Waals surface area contributed by atoms with E-state index in [-0.39, 0.29) is 5.69 Å². The first kappa shape index (κ1) is 13.5. The molecule has 0 aliphatic carbocycles. The zero-order valence-corrected chi connectivity index (χ0v) is 12.0. The Hall–Kier alpha value is -1.95. The third-order valence-electron chi connectivity index (χ3n) is 2.58. The Bertz CT molecular complexity index is 614. The number of carboxylic acid groups (broad SMARTS) is 1. The average molecular weight is 322 g/mol. The maximum absolute atomic E-state index is 11.0. The highest BCUT2D eigenvalue weighted by atomic mass is 79.9. The smallest absolute Gasteiger partial charge is 0.354 e. The number of hydrogen-bond donors (Lipinski definition) is 1. The molecular formula is C13H12BrN3O2. The van der Waals surface area contributed by atoms with Gasteiger partial charge in [-0.3, -0.25) is 0 Å². The molecule has 0 atom stereocenters. The minimum Gasteiger partial charge on any atom is -0.477 e. The molecule has 0 bridgehead atoms. The van der Waals surface area contributed by atoms with Crippen LogP contribution in [0.5, 0.6) is 0 Å². The third-order valence-corrected chi connectivity index (χ3v) is 3.10. The molecule has 0 unspecified atom stereocenters. The molecule has 98 valence electrons. The molecule has 0 fully saturated rings. The van der Waals surface area contributed by atoms with Crippen molar-refractivity contribution in [3.05, 3.63) is 46.2 Å². The van der Waals surface area contributed by atoms with Gasteiger partial charge in [-0.1, -0.05) is 15.9 Å². The summed E-state index contributed by atoms with van der Waals surface area (Å²) in [6.45, 7) is 1.74. The Labute approximate surface area is 119 Å². The van der Waals surface area contributed by atoms with E-state index < -0.39 is 5.97 Å². The van der Waals surface area contributed by atoms with Gasteiger partial charge in [0.05, 0.1) is 0 Å². The summed E-state index contributed by atoms with van der Waals surface area (Å²) in [6.07, 6.45) is 0. The van der Waals surface area contributed by atoms with Gasteiger partial charge in [-0.15, -0.1) is 0 Å². The lowest BCUT2D eigenvalue weighted by atomic mass is 10.3. The summed E-state index contributed by atoms with van der Waals surface area (Å²) in [5, 5.41) is 9.01. The monoisotopic (exact) mass is 321 g/mol. The molecule has 0 radical (unpaired) electrons. The summed E-state index contributed by atoms with van der Waals surface area (Å²) in [6, 6.07) is 9.05. The number of nitrogens with zero attached hydrogens (tertiary/aromatic N) is 3. The van der Waals surface area contributed by atoms with Gasteiger partial charge in [0.15, 0.2) is 5.69 Å². The summed E-state index contributed by atoms with van der Waals surface area (Å²) in [7, 11) is 1.80. The van der Waals surface area contributed by atoms with Crippen LogP contribution in [0.2, 0.25) is 0 Å². The fourth-order valence-electron chi connectivity index (χ4n) is 1.59. The molecule has 2 aromatic rings. The number of carbonyl (C=O) groups is 1. The predicted molar refractivity (Wildman–Crippen MR) is 75.9 cm³/mol. The van der Waals surface area contributed by atoms with Gasteiger partial charge in [0.1, 0.15) is 0 Å². The zero-order valence-electron chi connectivity index (χ0n) is 10.5. The molecule has 19 heavy (non-hydrogen) atoms. The van der Waals surface area contributed by atoms with Crippen LogP contribution >= 0.6 is 15.9 Å². The van der Waals surface area contributed by atoms with E-state index in [0.717, 1.165) is 10.2 Å². The van der Waals surface area contributed by atoms with Crippen LogP contribution in [0.3, 0.4) is 0 Å². The lowest BCUT2D eigenvalue weighted by Crippen LogP contribution is -2.15. The molecule has 2 rings (SSSR count). The number of carboxylic acids is 1. The molecular weight excluding hydrogens is 310 g/mol. The number of hydrogen-bond acceptors (Lipinski definition) is 4. The second kappa shape index (κ2) is 5.36. The highest BCUT2D eigenvalue weighted by molar-refractivity contribution is 9.10. The van der Waals surface area contributed by atoms with Gasteiger partial charge in [-0.25, -0.2) is 14.8 Å². The highest BCUT2D eigenvalue weighted by Crippen LogP contribution is 2.22. The first-order valence-electron chi connectivity index (χ1n) is 5.55. The summed E-state index contributed by atoms with van der Waals surface area (Å²) in [5.41, 5.74) is 1.49. The molecule has 5 nitrogen and oxygen atoms in total. The Morgan fingerprint density at radius 3 is 2.47 bits per heavy atom. The molecule has 1 aromatic heterocycles. The lowest BCUT2D eigenvalue weighted by Gasteiger charge is -2.17. The van der Waals surface area contributed by atoms with Crippen molar-refractivity contribution < 1.29 is 9.90 Å². The Morgan fingerprint density at radius 2 is 1.89 bits per heavy atom. The van der Waals surface area contributed by atoms with Crippen LogP contribution in [-0.2, 0) is 0 Å². The summed E-state index contributed by atoms with van der Waals surface area (Å²) in [5.74, 6) is -0.698. The minimum absolute atomic E-state index is 0.00791. The van der Waals surface area contributed by atoms with Crippen molar-refractivity contribution in [1.29, 1.82) is 0 Å². The van der Waals surface area contributed by atoms with Crippen molar-refractivity contribution >= 4 is 33.5 Å². The van der Waals surface area contributed by atoms with Crippen molar-refractivity contribution in [2.45, 2.75) is 6.92 Å². The Balaban J connectivity index is 2.40. The number of anilines is 2. The molecule has 0 amide bonds. The number of aryl methyl sites for hydroxylation is 1. The molecule has 6 heteroatoms. The largest absolute Gasteiger partial charge is 0.477 e. The Morgan fingerprint density at radius 1 is 1.26 bits per heavy atom. The van der Waals surface area contributed by atoms with Crippen molar-refractivity contribution in [3.8, 4) is 0 Å². The quantitative estimate of drug-likeness (QED) is 0.941. The van der Waals surface area contributed by atoms with Crippen molar-refractivity contribution in [2.75, 3.05) is 11.9 Å². The van der Waals surface area contributed by atoms with E-state index in [4.69, 9.17) is 5.11 Å². The number of rotatable bonds is 3. The number of aromatic nitrogens is 2. The SMILES string of the molecule is Cc1cc(C(=O)O)nc(N(C)c2ccc(Br)cc2)n1. The first-order valence-corrected chi connectivity index (χ1v) is 6.35. The van der Waals surface area contributed by atoms with Crippen molar-refractivity contribution in [3.63, 3.8) is 0 Å². The van der Waals surface area contributed by atoms with E-state index in [0.29, 0.717) is 11.6 Å². The van der Waals surface area contributed by atoms with Crippen LogP contribution < -0.4 is 4.90 Å². The van der Waals surface area contributed by atoms with Crippen LogP contribution in [0.15, 0.2) is 34.8 Å². The number of aromatic carboxylic acids is 1. The Kier molecular flexibility index (Phi) is 3.80. The summed E-state index contributed by atoms with van der Waals surface area (Å²) < 4.78 is 0.973. The molecule has 0 aliphatic heterocycles. The standard InChI is InChI=1S/C13H12BrN3O2/c1-8-7-11(12(18)19)16-13(15-8)17(2)10-5-3-9(14)4-6-10/h3-7H,1-2H3,(H,18,19). The molecule has 0 saturated carbocycles. The van der Waals surface area contributed by atoms with E-state index in [1.165, 1.54) is 6.07 Å². The third kappa shape index (κ3) is 3.08. The second-order valence-corrected chi connectivity index (χ2v) is 4.95. The maximum Gasteiger partial charge on any atom is 0.354 e. The molecule has 0 aliphatic rings.